The molecule has 274 valence electrons. The molecule has 14 heteroatoms. The van der Waals surface area contributed by atoms with Gasteiger partial charge in [0, 0.05) is 57.8 Å². The van der Waals surface area contributed by atoms with Crippen molar-refractivity contribution in [2.24, 2.45) is 23.5 Å². The molecular weight excluding hydrogens is 636 g/mol. The predicted molar refractivity (Wildman–Crippen MR) is 186 cm³/mol. The third-order valence-electron chi connectivity index (χ3n) is 8.61. The van der Waals surface area contributed by atoms with Crippen LogP contribution in [0.4, 0.5) is 15.3 Å². The summed E-state index contributed by atoms with van der Waals surface area (Å²) in [4.78, 5) is 39.6. The lowest BCUT2D eigenvalue weighted by molar-refractivity contribution is -0.112. The summed E-state index contributed by atoms with van der Waals surface area (Å²) in [6.07, 6.45) is 2.04. The molecular formula is C35H54N4O10. The van der Waals surface area contributed by atoms with Crippen LogP contribution in [0.1, 0.15) is 52.7 Å². The van der Waals surface area contributed by atoms with Crippen molar-refractivity contribution in [2.45, 2.75) is 65.5 Å². The molecule has 2 bridgehead atoms. The highest BCUT2D eigenvalue weighted by atomic mass is 16.6. The second-order valence-corrected chi connectivity index (χ2v) is 12.4. The third kappa shape index (κ3) is 10.9. The number of phenols is 1. The molecule has 0 spiro atoms. The van der Waals surface area contributed by atoms with E-state index in [9.17, 15) is 24.6 Å². The van der Waals surface area contributed by atoms with Crippen molar-refractivity contribution in [1.29, 1.82) is 0 Å². The number of amides is 3. The van der Waals surface area contributed by atoms with Crippen molar-refractivity contribution in [3.05, 3.63) is 47.1 Å². The van der Waals surface area contributed by atoms with Crippen LogP contribution in [0, 0.1) is 17.8 Å². The molecule has 0 aliphatic carbocycles. The van der Waals surface area contributed by atoms with Crippen LogP contribution in [-0.4, -0.2) is 100 Å². The molecule has 1 heterocycles. The second kappa shape index (κ2) is 19.2. The van der Waals surface area contributed by atoms with Gasteiger partial charge >= 0.3 is 12.2 Å². The maximum absolute atomic E-state index is 13.4. The molecule has 0 saturated carbocycles. The van der Waals surface area contributed by atoms with Crippen LogP contribution in [0.3, 0.4) is 0 Å². The van der Waals surface area contributed by atoms with Gasteiger partial charge in [0.05, 0.1) is 36.7 Å². The molecule has 3 amide bonds. The molecule has 0 aromatic heterocycles. The van der Waals surface area contributed by atoms with Crippen molar-refractivity contribution < 1.29 is 48.3 Å². The second-order valence-electron chi connectivity index (χ2n) is 12.4. The Kier molecular flexibility index (Phi) is 16.1. The Morgan fingerprint density at radius 2 is 1.78 bits per heavy atom. The number of allylic oxidation sites excluding steroid dienone is 2. The molecule has 6 N–H and O–H groups in total. The van der Waals surface area contributed by atoms with E-state index < -0.39 is 54.3 Å². The number of hydrogen-bond acceptors (Lipinski definition) is 11. The summed E-state index contributed by atoms with van der Waals surface area (Å²) < 4.78 is 28.6. The Balaban J connectivity index is 2.81. The molecule has 1 aromatic carbocycles. The number of fused-ring (bicyclic) bond motifs is 2. The Labute approximate surface area is 289 Å². The first-order chi connectivity index (χ1) is 23.1. The number of carbonyl (C=O) groups is 3. The van der Waals surface area contributed by atoms with Gasteiger partial charge in [0.1, 0.15) is 11.9 Å². The number of carbonyl (C=O) groups excluding carboxylic acids is 3. The number of likely N-dealkylation sites (N-methyl/N-ethyl adjacent to an activating group) is 2. The largest absolute Gasteiger partial charge is 0.505 e. The molecule has 0 saturated heterocycles. The summed E-state index contributed by atoms with van der Waals surface area (Å²) in [6.45, 7) is 9.74. The van der Waals surface area contributed by atoms with Gasteiger partial charge in [0.2, 0.25) is 0 Å². The number of phenolic OH excluding ortho intramolecular Hbond substituents is 1. The maximum Gasteiger partial charge on any atom is 0.415 e. The van der Waals surface area contributed by atoms with Crippen LogP contribution in [0.25, 0.3) is 0 Å². The molecule has 0 radical (unpaired) electrons. The number of nitrogens with zero attached hydrogens (tertiary/aromatic N) is 1. The predicted octanol–water partition coefficient (Wildman–Crippen LogP) is 4.28. The van der Waals surface area contributed by atoms with Gasteiger partial charge in [-0.3, -0.25) is 4.79 Å². The number of aliphatic hydroxyl groups is 1. The standard InChI is InChI=1S/C35H54N4O10/c1-19-12-11-13-20(2)33(42)38-24-18-26(48-35(44)39(7)15-14-37-6)32(47-10)27(29(24)41)31(46-9)23(5)17-25(45-8)28(40)21(3)16-22(4)30(19)49-34(36)43/h11-13,16,18-19,21,23,25,28,30-31,37,40-41H,14-15,17H2,1-10H3,(H2,36,43)(H,38,42)/b12-11-,20-13+,22-16+/t19-,21-,23-,25-,28+,30-,31+/m0/s1. The minimum Gasteiger partial charge on any atom is -0.505 e. The first kappa shape index (κ1) is 41.1. The summed E-state index contributed by atoms with van der Waals surface area (Å²) >= 11 is 0. The van der Waals surface area contributed by atoms with Crippen molar-refractivity contribution in [3.8, 4) is 17.2 Å². The van der Waals surface area contributed by atoms with Crippen molar-refractivity contribution in [2.75, 3.05) is 53.8 Å². The fourth-order valence-electron chi connectivity index (χ4n) is 5.80. The Hall–Kier alpha value is -4.11. The van der Waals surface area contributed by atoms with Gasteiger partial charge in [0.15, 0.2) is 11.5 Å². The number of rotatable bonds is 8. The Bertz CT molecular complexity index is 1390. The molecule has 1 aliphatic rings. The molecule has 7 atom stereocenters. The van der Waals surface area contributed by atoms with Crippen LogP contribution in [0.2, 0.25) is 0 Å². The van der Waals surface area contributed by atoms with E-state index in [4.69, 9.17) is 29.4 Å². The number of aromatic hydroxyl groups is 1. The van der Waals surface area contributed by atoms with E-state index in [0.29, 0.717) is 18.7 Å². The Morgan fingerprint density at radius 3 is 2.35 bits per heavy atom. The lowest BCUT2D eigenvalue weighted by atomic mass is 9.85. The quantitative estimate of drug-likeness (QED) is 0.193. The van der Waals surface area contributed by atoms with Gasteiger partial charge in [-0.15, -0.1) is 0 Å². The zero-order valence-electron chi connectivity index (χ0n) is 30.2. The van der Waals surface area contributed by atoms with Gasteiger partial charge in [-0.25, -0.2) is 9.59 Å². The van der Waals surface area contributed by atoms with Crippen LogP contribution in [-0.2, 0) is 19.0 Å². The van der Waals surface area contributed by atoms with Crippen LogP contribution >= 0.6 is 0 Å². The number of hydrogen-bond donors (Lipinski definition) is 5. The van der Waals surface area contributed by atoms with Gasteiger partial charge in [0.25, 0.3) is 5.91 Å². The smallest absolute Gasteiger partial charge is 0.415 e. The highest BCUT2D eigenvalue weighted by Crippen LogP contribution is 2.49. The molecule has 1 aromatic rings. The van der Waals surface area contributed by atoms with Crippen molar-refractivity contribution in [1.82, 2.24) is 10.2 Å². The van der Waals surface area contributed by atoms with E-state index in [1.807, 2.05) is 26.8 Å². The number of benzene rings is 1. The normalized spacial score (nSPS) is 28.2. The minimum absolute atomic E-state index is 0.0292. The zero-order valence-corrected chi connectivity index (χ0v) is 30.2. The fraction of sp³-hybridized carbons (Fsp3) is 0.571. The summed E-state index contributed by atoms with van der Waals surface area (Å²) in [5, 5.41) is 28.8. The van der Waals surface area contributed by atoms with Crippen LogP contribution < -0.4 is 25.8 Å². The third-order valence-corrected chi connectivity index (χ3v) is 8.61. The lowest BCUT2D eigenvalue weighted by Gasteiger charge is -2.32. The monoisotopic (exact) mass is 690 g/mol. The molecule has 14 nitrogen and oxygen atoms in total. The number of primary amides is 1. The summed E-state index contributed by atoms with van der Waals surface area (Å²) in [5.74, 6) is -2.17. The minimum atomic E-state index is -1.00. The zero-order chi connectivity index (χ0) is 37.0. The summed E-state index contributed by atoms with van der Waals surface area (Å²) in [5.41, 5.74) is 6.42. The molecule has 0 fully saturated rings. The van der Waals surface area contributed by atoms with Gasteiger partial charge in [-0.1, -0.05) is 45.1 Å². The molecule has 0 unspecified atom stereocenters. The van der Waals surface area contributed by atoms with Gasteiger partial charge < -0.3 is 55.2 Å². The highest BCUT2D eigenvalue weighted by Gasteiger charge is 2.35. The molecule has 1 aliphatic heterocycles. The number of nitrogens with one attached hydrogen (secondary N) is 2. The van der Waals surface area contributed by atoms with Gasteiger partial charge in [-0.05, 0) is 38.8 Å². The SMILES string of the molecule is CNCCN(C)C(=O)Oc1cc2c(O)c(c1OC)[C@H](OC)[C@@H](C)C[C@H](OC)[C@H](O)[C@@H](C)/C=C(\C)[C@@H](OC(N)=O)[C@@H](C)/C=C\C=C(/C)C(=O)N2. The maximum atomic E-state index is 13.4. The van der Waals surface area contributed by atoms with Crippen LogP contribution in [0.15, 0.2) is 41.5 Å². The summed E-state index contributed by atoms with van der Waals surface area (Å²) in [6, 6.07) is 1.31. The van der Waals surface area contributed by atoms with Crippen molar-refractivity contribution >= 4 is 23.8 Å². The number of methoxy groups -OCH3 is 3. The molecule has 2 rings (SSSR count). The van der Waals surface area contributed by atoms with Gasteiger partial charge in [-0.2, -0.15) is 0 Å². The average molecular weight is 691 g/mol. The lowest BCUT2D eigenvalue weighted by Crippen LogP contribution is -2.36. The van der Waals surface area contributed by atoms with E-state index in [-0.39, 0.29) is 46.4 Å². The molecule has 49 heavy (non-hydrogen) atoms. The fourth-order valence-corrected chi connectivity index (χ4v) is 5.80. The number of nitrogens with two attached hydrogens (primary N) is 1. The first-order valence-electron chi connectivity index (χ1n) is 16.2. The van der Waals surface area contributed by atoms with E-state index >= 15 is 0 Å². The van der Waals surface area contributed by atoms with Crippen molar-refractivity contribution in [3.63, 3.8) is 0 Å². The van der Waals surface area contributed by atoms with Crippen LogP contribution in [0.5, 0.6) is 17.2 Å². The summed E-state index contributed by atoms with van der Waals surface area (Å²) in [7, 11) is 7.64. The van der Waals surface area contributed by atoms with E-state index in [2.05, 4.69) is 10.6 Å². The first-order valence-corrected chi connectivity index (χ1v) is 16.2. The topological polar surface area (TPSA) is 191 Å². The Morgan fingerprint density at radius 1 is 1.10 bits per heavy atom. The van der Waals surface area contributed by atoms with E-state index in [1.165, 1.54) is 32.3 Å². The highest BCUT2D eigenvalue weighted by molar-refractivity contribution is 6.04. The van der Waals surface area contributed by atoms with E-state index in [0.717, 1.165) is 0 Å². The number of aliphatic hydroxyl groups excluding tert-OH is 1. The van der Waals surface area contributed by atoms with E-state index in [1.54, 1.807) is 46.2 Å². The number of ether oxygens (including phenoxy) is 5. The number of anilines is 1. The average Bonchev–Trinajstić information content (AvgIpc) is 3.05.